The van der Waals surface area contributed by atoms with Gasteiger partial charge in [-0.3, -0.25) is 0 Å². The zero-order valence-corrected chi connectivity index (χ0v) is 8.52. The highest BCUT2D eigenvalue weighted by Gasteiger charge is 2.02. The maximum Gasteiger partial charge on any atom is 0.130 e. The van der Waals surface area contributed by atoms with Gasteiger partial charge in [0.1, 0.15) is 5.82 Å². The molecule has 1 aromatic rings. The zero-order chi connectivity index (χ0) is 10.4. The van der Waals surface area contributed by atoms with Crippen LogP contribution < -0.4 is 5.32 Å². The van der Waals surface area contributed by atoms with Gasteiger partial charge in [0.25, 0.3) is 0 Å². The molecule has 0 aliphatic rings. The molecule has 1 rings (SSSR count). The molecule has 14 heavy (non-hydrogen) atoms. The summed E-state index contributed by atoms with van der Waals surface area (Å²) in [5, 5.41) is 3.06. The Bertz CT molecular complexity index is 360. The molecule has 0 amide bonds. The molecule has 0 unspecified atom stereocenters. The zero-order valence-electron chi connectivity index (χ0n) is 8.52. The largest absolute Gasteiger partial charge is 0.302 e. The highest BCUT2D eigenvalue weighted by molar-refractivity contribution is 5.24. The molecular weight excluding hydrogens is 177 g/mol. The van der Waals surface area contributed by atoms with Crippen molar-refractivity contribution in [2.24, 2.45) is 0 Å². The summed E-state index contributed by atoms with van der Waals surface area (Å²) in [4.78, 5) is 0. The number of nitrogens with one attached hydrogen (secondary N) is 1. The normalized spacial score (nSPS) is 9.36. The minimum absolute atomic E-state index is 0.121. The van der Waals surface area contributed by atoms with Crippen LogP contribution in [-0.2, 0) is 6.54 Å². The Hall–Kier alpha value is -1.33. The van der Waals surface area contributed by atoms with Crippen LogP contribution in [0.2, 0.25) is 0 Å². The lowest BCUT2D eigenvalue weighted by Gasteiger charge is -2.04. The van der Waals surface area contributed by atoms with Crippen molar-refractivity contribution < 1.29 is 4.39 Å². The number of benzene rings is 1. The first kappa shape index (κ1) is 10.7. The van der Waals surface area contributed by atoms with Crippen molar-refractivity contribution in [2.45, 2.75) is 20.4 Å². The quantitative estimate of drug-likeness (QED) is 0.570. The van der Waals surface area contributed by atoms with Gasteiger partial charge in [0, 0.05) is 12.1 Å². The second-order valence-electron chi connectivity index (χ2n) is 3.08. The molecule has 0 spiro atoms. The van der Waals surface area contributed by atoms with Crippen LogP contribution in [0, 0.1) is 24.6 Å². The number of rotatable bonds is 3. The van der Waals surface area contributed by atoms with Gasteiger partial charge in [-0.2, -0.15) is 0 Å². The monoisotopic (exact) mass is 191 g/mol. The molecule has 0 aliphatic heterocycles. The molecule has 0 saturated carbocycles. The second kappa shape index (κ2) is 5.41. The van der Waals surface area contributed by atoms with Crippen LogP contribution in [0.1, 0.15) is 18.1 Å². The lowest BCUT2D eigenvalue weighted by Crippen LogP contribution is -2.14. The molecule has 0 bridgehead atoms. The maximum absolute atomic E-state index is 13.4. The fraction of sp³-hybridized carbons (Fsp3) is 0.333. The molecule has 0 radical (unpaired) electrons. The van der Waals surface area contributed by atoms with Crippen LogP contribution in [-0.4, -0.2) is 6.54 Å². The lowest BCUT2D eigenvalue weighted by molar-refractivity contribution is 0.589. The summed E-state index contributed by atoms with van der Waals surface area (Å²) in [6.45, 7) is 4.69. The molecule has 0 heterocycles. The molecular formula is C12H14FN. The predicted molar refractivity (Wildman–Crippen MR) is 56.3 cm³/mol. The van der Waals surface area contributed by atoms with E-state index in [0.29, 0.717) is 24.2 Å². The van der Waals surface area contributed by atoms with Gasteiger partial charge in [0.2, 0.25) is 0 Å². The van der Waals surface area contributed by atoms with Crippen LogP contribution in [0.5, 0.6) is 0 Å². The Kier molecular flexibility index (Phi) is 4.15. The molecule has 1 N–H and O–H groups in total. The summed E-state index contributed by atoms with van der Waals surface area (Å²) < 4.78 is 13.4. The molecule has 0 saturated heterocycles. The minimum atomic E-state index is -0.121. The Labute approximate surface area is 84.3 Å². The van der Waals surface area contributed by atoms with Gasteiger partial charge in [-0.1, -0.05) is 24.1 Å². The van der Waals surface area contributed by atoms with Gasteiger partial charge in [-0.25, -0.2) is 4.39 Å². The van der Waals surface area contributed by atoms with Gasteiger partial charge in [-0.15, -0.1) is 5.92 Å². The average molecular weight is 191 g/mol. The van der Waals surface area contributed by atoms with Gasteiger partial charge in [0.15, 0.2) is 0 Å². The SMILES string of the molecule is CC#CCNCc1cccc(C)c1F. The molecule has 1 nitrogen and oxygen atoms in total. The third-order valence-electron chi connectivity index (χ3n) is 1.98. The highest BCUT2D eigenvalue weighted by Crippen LogP contribution is 2.10. The van der Waals surface area contributed by atoms with E-state index in [1.54, 1.807) is 26.0 Å². The molecule has 74 valence electrons. The topological polar surface area (TPSA) is 12.0 Å². The second-order valence-corrected chi connectivity index (χ2v) is 3.08. The fourth-order valence-electron chi connectivity index (χ4n) is 1.19. The van der Waals surface area contributed by atoms with Gasteiger partial charge in [-0.05, 0) is 19.4 Å². The Balaban J connectivity index is 2.57. The van der Waals surface area contributed by atoms with Gasteiger partial charge < -0.3 is 5.32 Å². The van der Waals surface area contributed by atoms with E-state index in [4.69, 9.17) is 0 Å². The van der Waals surface area contributed by atoms with Crippen molar-refractivity contribution in [3.8, 4) is 11.8 Å². The van der Waals surface area contributed by atoms with Crippen molar-refractivity contribution in [2.75, 3.05) is 6.54 Å². The predicted octanol–water partition coefficient (Wildman–Crippen LogP) is 2.25. The number of hydrogen-bond donors (Lipinski definition) is 1. The standard InChI is InChI=1S/C12H14FN/c1-3-4-8-14-9-11-7-5-6-10(2)12(11)13/h5-7,14H,8-9H2,1-2H3. The smallest absolute Gasteiger partial charge is 0.130 e. The number of hydrogen-bond acceptors (Lipinski definition) is 1. The first-order valence-electron chi connectivity index (χ1n) is 4.60. The third-order valence-corrected chi connectivity index (χ3v) is 1.98. The molecule has 0 fully saturated rings. The van der Waals surface area contributed by atoms with E-state index in [1.807, 2.05) is 6.07 Å². The number of aryl methyl sites for hydroxylation is 1. The van der Waals surface area contributed by atoms with E-state index in [2.05, 4.69) is 17.2 Å². The Morgan fingerprint density at radius 3 is 2.93 bits per heavy atom. The number of halogens is 1. The molecule has 2 heteroatoms. The van der Waals surface area contributed by atoms with Gasteiger partial charge in [0.05, 0.1) is 6.54 Å². The van der Waals surface area contributed by atoms with Crippen LogP contribution in [0.15, 0.2) is 18.2 Å². The van der Waals surface area contributed by atoms with Crippen LogP contribution >= 0.6 is 0 Å². The van der Waals surface area contributed by atoms with E-state index >= 15 is 0 Å². The van der Waals surface area contributed by atoms with Crippen molar-refractivity contribution in [3.05, 3.63) is 35.1 Å². The minimum Gasteiger partial charge on any atom is -0.302 e. The van der Waals surface area contributed by atoms with Crippen LogP contribution in [0.25, 0.3) is 0 Å². The van der Waals surface area contributed by atoms with E-state index < -0.39 is 0 Å². The molecule has 0 aromatic heterocycles. The average Bonchev–Trinajstić information content (AvgIpc) is 2.19. The fourth-order valence-corrected chi connectivity index (χ4v) is 1.19. The Morgan fingerprint density at radius 1 is 1.43 bits per heavy atom. The summed E-state index contributed by atoms with van der Waals surface area (Å²) in [6.07, 6.45) is 0. The summed E-state index contributed by atoms with van der Waals surface area (Å²) in [7, 11) is 0. The third kappa shape index (κ3) is 2.86. The molecule has 0 atom stereocenters. The van der Waals surface area contributed by atoms with Crippen molar-refractivity contribution in [1.82, 2.24) is 5.32 Å². The van der Waals surface area contributed by atoms with Crippen molar-refractivity contribution in [3.63, 3.8) is 0 Å². The summed E-state index contributed by atoms with van der Waals surface area (Å²) in [5.74, 6) is 5.52. The highest BCUT2D eigenvalue weighted by atomic mass is 19.1. The van der Waals surface area contributed by atoms with E-state index in [0.717, 1.165) is 0 Å². The summed E-state index contributed by atoms with van der Waals surface area (Å²) in [6, 6.07) is 5.42. The summed E-state index contributed by atoms with van der Waals surface area (Å²) >= 11 is 0. The molecule has 1 aromatic carbocycles. The van der Waals surface area contributed by atoms with Gasteiger partial charge >= 0.3 is 0 Å². The first-order chi connectivity index (χ1) is 6.75. The van der Waals surface area contributed by atoms with Crippen LogP contribution in [0.4, 0.5) is 4.39 Å². The van der Waals surface area contributed by atoms with Crippen molar-refractivity contribution >= 4 is 0 Å². The molecule has 0 aliphatic carbocycles. The lowest BCUT2D eigenvalue weighted by atomic mass is 10.1. The Morgan fingerprint density at radius 2 is 2.21 bits per heavy atom. The van der Waals surface area contributed by atoms with E-state index in [9.17, 15) is 4.39 Å². The first-order valence-corrected chi connectivity index (χ1v) is 4.60. The van der Waals surface area contributed by atoms with Crippen LogP contribution in [0.3, 0.4) is 0 Å². The summed E-state index contributed by atoms with van der Waals surface area (Å²) in [5.41, 5.74) is 1.38. The van der Waals surface area contributed by atoms with E-state index in [1.165, 1.54) is 0 Å². The maximum atomic E-state index is 13.4. The van der Waals surface area contributed by atoms with Crippen molar-refractivity contribution in [1.29, 1.82) is 0 Å². The van der Waals surface area contributed by atoms with E-state index in [-0.39, 0.29) is 5.82 Å².